The van der Waals surface area contributed by atoms with Gasteiger partial charge in [0.25, 0.3) is 11.5 Å². The minimum atomic E-state index is -0.751. The lowest BCUT2D eigenvalue weighted by Crippen LogP contribution is -2.45. The van der Waals surface area contributed by atoms with Crippen LogP contribution >= 0.6 is 0 Å². The molecule has 3 aromatic rings. The normalized spacial score (nSPS) is 20.9. The van der Waals surface area contributed by atoms with Gasteiger partial charge >= 0.3 is 5.69 Å². The van der Waals surface area contributed by atoms with Gasteiger partial charge in [-0.1, -0.05) is 18.2 Å². The highest BCUT2D eigenvalue weighted by Gasteiger charge is 2.43. The van der Waals surface area contributed by atoms with Gasteiger partial charge < -0.3 is 15.0 Å². The van der Waals surface area contributed by atoms with E-state index in [1.165, 1.54) is 15.2 Å². The molecule has 2 fully saturated rings. The standard InChI is InChI=1S/C28H29FN4O5/c1-15(2)33-23-10-21(29)22(9-19(23)27(36)32(28(33)37)11-16-7-8-16)30-25(34)20-13-38-14-24(20)31-12-17-5-3-4-6-18(17)26(31)35/h3-6,9-10,15-16,20,24H,7-8,11-14H2,1-2H3,(H,30,34)/t20-,24+/m0/s1. The number of amides is 2. The zero-order chi connectivity index (χ0) is 26.7. The fraction of sp³-hybridized carbons (Fsp3) is 0.429. The number of carbonyl (C=O) groups excluding carboxylic acids is 2. The monoisotopic (exact) mass is 520 g/mol. The second kappa shape index (κ2) is 9.20. The van der Waals surface area contributed by atoms with Crippen molar-refractivity contribution in [2.24, 2.45) is 11.8 Å². The maximum absolute atomic E-state index is 15.3. The lowest BCUT2D eigenvalue weighted by molar-refractivity contribution is -0.120. The lowest BCUT2D eigenvalue weighted by atomic mass is 10.0. The van der Waals surface area contributed by atoms with Gasteiger partial charge in [-0.15, -0.1) is 0 Å². The van der Waals surface area contributed by atoms with E-state index in [2.05, 4.69) is 5.32 Å². The Hall–Kier alpha value is -3.79. The van der Waals surface area contributed by atoms with Crippen molar-refractivity contribution >= 4 is 28.4 Å². The SMILES string of the molecule is CC(C)n1c(=O)n(CC2CC2)c(=O)c2cc(NC(=O)[C@H]3COC[C@H]3N3Cc4ccccc4C3=O)c(F)cc21. The molecule has 0 spiro atoms. The molecule has 2 atom stereocenters. The summed E-state index contributed by atoms with van der Waals surface area (Å²) in [5.41, 5.74) is 0.600. The second-order valence-corrected chi connectivity index (χ2v) is 10.7. The molecule has 0 bridgehead atoms. The third-order valence-corrected chi connectivity index (χ3v) is 7.81. The fourth-order valence-electron chi connectivity index (χ4n) is 5.58. The van der Waals surface area contributed by atoms with Crippen LogP contribution in [0.3, 0.4) is 0 Å². The first-order valence-electron chi connectivity index (χ1n) is 13.0. The highest BCUT2D eigenvalue weighted by Crippen LogP contribution is 2.32. The predicted molar refractivity (Wildman–Crippen MR) is 139 cm³/mol. The van der Waals surface area contributed by atoms with Gasteiger partial charge in [0, 0.05) is 30.8 Å². The van der Waals surface area contributed by atoms with E-state index in [9.17, 15) is 19.2 Å². The Labute approximate surface area is 217 Å². The molecule has 2 aromatic carbocycles. The Bertz CT molecular complexity index is 1590. The molecule has 1 saturated carbocycles. The summed E-state index contributed by atoms with van der Waals surface area (Å²) in [6.07, 6.45) is 1.93. The number of ether oxygens (including phenoxy) is 1. The molecule has 1 aliphatic carbocycles. The number of benzene rings is 2. The van der Waals surface area contributed by atoms with Crippen LogP contribution in [0.15, 0.2) is 46.0 Å². The van der Waals surface area contributed by atoms with Crippen molar-refractivity contribution in [2.45, 2.75) is 51.9 Å². The number of nitrogens with zero attached hydrogens (tertiary/aromatic N) is 3. The average molecular weight is 521 g/mol. The van der Waals surface area contributed by atoms with Crippen molar-refractivity contribution in [1.82, 2.24) is 14.0 Å². The first-order valence-corrected chi connectivity index (χ1v) is 13.0. The molecule has 3 aliphatic rings. The summed E-state index contributed by atoms with van der Waals surface area (Å²) in [5, 5.41) is 2.80. The van der Waals surface area contributed by atoms with Gasteiger partial charge in [-0.25, -0.2) is 9.18 Å². The van der Waals surface area contributed by atoms with Crippen LogP contribution in [0.1, 0.15) is 48.7 Å². The summed E-state index contributed by atoms with van der Waals surface area (Å²) in [5.74, 6) is -1.82. The van der Waals surface area contributed by atoms with E-state index < -0.39 is 34.9 Å². The summed E-state index contributed by atoms with van der Waals surface area (Å²) in [6.45, 7) is 4.60. The van der Waals surface area contributed by atoms with Crippen LogP contribution in [0.4, 0.5) is 10.1 Å². The van der Waals surface area contributed by atoms with E-state index in [-0.39, 0.29) is 47.7 Å². The molecule has 6 rings (SSSR count). The zero-order valence-corrected chi connectivity index (χ0v) is 21.3. The number of halogens is 1. The van der Waals surface area contributed by atoms with Crippen LogP contribution in [0.25, 0.3) is 10.9 Å². The van der Waals surface area contributed by atoms with Gasteiger partial charge in [-0.05, 0) is 50.3 Å². The molecule has 198 valence electrons. The van der Waals surface area contributed by atoms with Gasteiger partial charge in [0.15, 0.2) is 0 Å². The van der Waals surface area contributed by atoms with Crippen LogP contribution in [0.2, 0.25) is 0 Å². The largest absolute Gasteiger partial charge is 0.378 e. The highest BCUT2D eigenvalue weighted by atomic mass is 19.1. The van der Waals surface area contributed by atoms with Crippen molar-refractivity contribution in [3.63, 3.8) is 0 Å². The molecule has 3 heterocycles. The summed E-state index contributed by atoms with van der Waals surface area (Å²) in [7, 11) is 0. The van der Waals surface area contributed by atoms with Crippen LogP contribution in [-0.4, -0.2) is 45.1 Å². The topological polar surface area (TPSA) is 103 Å². The Morgan fingerprint density at radius 3 is 2.61 bits per heavy atom. The summed E-state index contributed by atoms with van der Waals surface area (Å²) < 4.78 is 23.5. The van der Waals surface area contributed by atoms with Crippen LogP contribution in [-0.2, 0) is 22.6 Å². The van der Waals surface area contributed by atoms with Crippen molar-refractivity contribution in [3.05, 3.63) is 74.2 Å². The maximum atomic E-state index is 15.3. The minimum Gasteiger partial charge on any atom is -0.378 e. The number of hydrogen-bond donors (Lipinski definition) is 1. The second-order valence-electron chi connectivity index (χ2n) is 10.7. The first kappa shape index (κ1) is 24.5. The lowest BCUT2D eigenvalue weighted by Gasteiger charge is -2.27. The first-order chi connectivity index (χ1) is 18.2. The molecule has 1 saturated heterocycles. The smallest absolute Gasteiger partial charge is 0.331 e. The summed E-state index contributed by atoms with van der Waals surface area (Å²) >= 11 is 0. The zero-order valence-electron chi connectivity index (χ0n) is 21.3. The van der Waals surface area contributed by atoms with Crippen LogP contribution in [0, 0.1) is 17.7 Å². The summed E-state index contributed by atoms with van der Waals surface area (Å²) in [6, 6.07) is 8.97. The number of aromatic nitrogens is 2. The van der Waals surface area contributed by atoms with Crippen molar-refractivity contribution in [3.8, 4) is 0 Å². The van der Waals surface area contributed by atoms with Crippen molar-refractivity contribution in [1.29, 1.82) is 0 Å². The van der Waals surface area contributed by atoms with E-state index in [1.807, 2.05) is 12.1 Å². The molecule has 1 aromatic heterocycles. The molecule has 9 nitrogen and oxygen atoms in total. The van der Waals surface area contributed by atoms with Gasteiger partial charge in [-0.2, -0.15) is 0 Å². The number of nitrogens with one attached hydrogen (secondary N) is 1. The molecule has 10 heteroatoms. The number of rotatable bonds is 6. The maximum Gasteiger partial charge on any atom is 0.331 e. The number of carbonyl (C=O) groups is 2. The van der Waals surface area contributed by atoms with E-state index in [1.54, 1.807) is 30.9 Å². The third kappa shape index (κ3) is 4.03. The highest BCUT2D eigenvalue weighted by molar-refractivity contribution is 6.00. The van der Waals surface area contributed by atoms with E-state index in [0.29, 0.717) is 18.7 Å². The van der Waals surface area contributed by atoms with E-state index >= 15 is 4.39 Å². The fourth-order valence-corrected chi connectivity index (χ4v) is 5.58. The molecular formula is C28H29FN4O5. The molecule has 1 N–H and O–H groups in total. The minimum absolute atomic E-state index is 0.0902. The molecule has 2 aliphatic heterocycles. The molecule has 0 radical (unpaired) electrons. The van der Waals surface area contributed by atoms with Crippen molar-refractivity contribution in [2.75, 3.05) is 18.5 Å². The number of hydrogen-bond acceptors (Lipinski definition) is 5. The van der Waals surface area contributed by atoms with Gasteiger partial charge in [0.05, 0.1) is 41.8 Å². The van der Waals surface area contributed by atoms with E-state index in [0.717, 1.165) is 24.5 Å². The number of anilines is 1. The molecular weight excluding hydrogens is 491 g/mol. The molecule has 38 heavy (non-hydrogen) atoms. The van der Waals surface area contributed by atoms with Gasteiger partial charge in [-0.3, -0.25) is 23.5 Å². The van der Waals surface area contributed by atoms with E-state index in [4.69, 9.17) is 4.74 Å². The Morgan fingerprint density at radius 2 is 1.89 bits per heavy atom. The average Bonchev–Trinajstić information content (AvgIpc) is 3.46. The van der Waals surface area contributed by atoms with Crippen LogP contribution in [0.5, 0.6) is 0 Å². The van der Waals surface area contributed by atoms with Gasteiger partial charge in [0.1, 0.15) is 5.82 Å². The number of fused-ring (bicyclic) bond motifs is 2. The summed E-state index contributed by atoms with van der Waals surface area (Å²) in [4.78, 5) is 54.4. The quantitative estimate of drug-likeness (QED) is 0.539. The Kier molecular flexibility index (Phi) is 5.94. The third-order valence-electron chi connectivity index (χ3n) is 7.81. The Balaban J connectivity index is 1.32. The van der Waals surface area contributed by atoms with Crippen molar-refractivity contribution < 1.29 is 18.7 Å². The Morgan fingerprint density at radius 1 is 1.13 bits per heavy atom. The van der Waals surface area contributed by atoms with Crippen LogP contribution < -0.4 is 16.6 Å². The molecule has 0 unspecified atom stereocenters. The van der Waals surface area contributed by atoms with Gasteiger partial charge in [0.2, 0.25) is 5.91 Å². The predicted octanol–water partition coefficient (Wildman–Crippen LogP) is 2.90. The molecule has 2 amide bonds.